The SMILES string of the molecule is CCCNC(CC)c1ccc(-c2ccc(F)cc2)cc1. The van der Waals surface area contributed by atoms with Crippen molar-refractivity contribution in [1.29, 1.82) is 0 Å². The average molecular weight is 271 g/mol. The Morgan fingerprint density at radius 1 is 0.900 bits per heavy atom. The van der Waals surface area contributed by atoms with Crippen molar-refractivity contribution in [3.05, 3.63) is 59.9 Å². The topological polar surface area (TPSA) is 12.0 Å². The summed E-state index contributed by atoms with van der Waals surface area (Å²) in [7, 11) is 0. The molecule has 0 aromatic heterocycles. The normalized spacial score (nSPS) is 12.3. The lowest BCUT2D eigenvalue weighted by atomic mass is 9.99. The second kappa shape index (κ2) is 7.20. The highest BCUT2D eigenvalue weighted by atomic mass is 19.1. The molecule has 2 heteroatoms. The maximum absolute atomic E-state index is 12.9. The molecule has 0 aliphatic carbocycles. The highest BCUT2D eigenvalue weighted by Gasteiger charge is 2.08. The Morgan fingerprint density at radius 2 is 1.45 bits per heavy atom. The monoisotopic (exact) mass is 271 g/mol. The summed E-state index contributed by atoms with van der Waals surface area (Å²) in [4.78, 5) is 0. The van der Waals surface area contributed by atoms with Gasteiger partial charge < -0.3 is 5.32 Å². The van der Waals surface area contributed by atoms with Crippen molar-refractivity contribution in [3.63, 3.8) is 0 Å². The van der Waals surface area contributed by atoms with Crippen LogP contribution < -0.4 is 5.32 Å². The molecule has 0 bridgehead atoms. The first-order valence-corrected chi connectivity index (χ1v) is 7.34. The van der Waals surface area contributed by atoms with Crippen molar-refractivity contribution in [3.8, 4) is 11.1 Å². The molecule has 1 unspecified atom stereocenters. The van der Waals surface area contributed by atoms with E-state index in [2.05, 4.69) is 43.4 Å². The van der Waals surface area contributed by atoms with Gasteiger partial charge in [-0.2, -0.15) is 0 Å². The third-order valence-electron chi connectivity index (χ3n) is 3.54. The van der Waals surface area contributed by atoms with Crippen LogP contribution in [0.3, 0.4) is 0 Å². The van der Waals surface area contributed by atoms with E-state index in [1.807, 2.05) is 12.1 Å². The van der Waals surface area contributed by atoms with E-state index in [1.165, 1.54) is 17.7 Å². The zero-order chi connectivity index (χ0) is 14.4. The molecule has 0 heterocycles. The first kappa shape index (κ1) is 14.7. The molecular weight excluding hydrogens is 249 g/mol. The Labute approximate surface area is 120 Å². The molecule has 1 atom stereocenters. The van der Waals surface area contributed by atoms with Gasteiger partial charge in [0.2, 0.25) is 0 Å². The lowest BCUT2D eigenvalue weighted by Crippen LogP contribution is -2.21. The minimum Gasteiger partial charge on any atom is -0.310 e. The first-order chi connectivity index (χ1) is 9.74. The summed E-state index contributed by atoms with van der Waals surface area (Å²) in [5.74, 6) is -0.194. The van der Waals surface area contributed by atoms with Crippen molar-refractivity contribution in [1.82, 2.24) is 5.32 Å². The molecule has 0 saturated carbocycles. The molecule has 0 aliphatic rings. The Bertz CT molecular complexity index is 516. The van der Waals surface area contributed by atoms with Crippen LogP contribution in [0.15, 0.2) is 48.5 Å². The Kier molecular flexibility index (Phi) is 5.31. The fourth-order valence-corrected chi connectivity index (χ4v) is 2.37. The van der Waals surface area contributed by atoms with Gasteiger partial charge in [0.05, 0.1) is 0 Å². The van der Waals surface area contributed by atoms with Crippen LogP contribution in [0.5, 0.6) is 0 Å². The Hall–Kier alpha value is -1.67. The highest BCUT2D eigenvalue weighted by Crippen LogP contribution is 2.23. The lowest BCUT2D eigenvalue weighted by molar-refractivity contribution is 0.518. The molecule has 0 fully saturated rings. The number of rotatable bonds is 6. The van der Waals surface area contributed by atoms with Crippen molar-refractivity contribution in [2.75, 3.05) is 6.54 Å². The van der Waals surface area contributed by atoms with Gasteiger partial charge in [0.25, 0.3) is 0 Å². The third kappa shape index (κ3) is 3.67. The van der Waals surface area contributed by atoms with Crippen molar-refractivity contribution < 1.29 is 4.39 Å². The number of nitrogens with one attached hydrogen (secondary N) is 1. The second-order valence-corrected chi connectivity index (χ2v) is 5.04. The van der Waals surface area contributed by atoms with Crippen LogP contribution in [0, 0.1) is 5.82 Å². The van der Waals surface area contributed by atoms with Crippen LogP contribution in [0.1, 0.15) is 38.3 Å². The van der Waals surface area contributed by atoms with E-state index < -0.39 is 0 Å². The Balaban J connectivity index is 2.14. The zero-order valence-electron chi connectivity index (χ0n) is 12.2. The summed E-state index contributed by atoms with van der Waals surface area (Å²) in [6.45, 7) is 5.41. The Morgan fingerprint density at radius 3 is 1.95 bits per heavy atom. The summed E-state index contributed by atoms with van der Waals surface area (Å²) >= 11 is 0. The van der Waals surface area contributed by atoms with Gasteiger partial charge in [-0.3, -0.25) is 0 Å². The van der Waals surface area contributed by atoms with Gasteiger partial charge in [-0.25, -0.2) is 4.39 Å². The molecule has 20 heavy (non-hydrogen) atoms. The molecule has 0 amide bonds. The average Bonchev–Trinajstić information content (AvgIpc) is 2.49. The number of benzene rings is 2. The minimum atomic E-state index is -0.194. The largest absolute Gasteiger partial charge is 0.310 e. The van der Waals surface area contributed by atoms with E-state index in [9.17, 15) is 4.39 Å². The zero-order valence-corrected chi connectivity index (χ0v) is 12.2. The number of hydrogen-bond acceptors (Lipinski definition) is 1. The maximum Gasteiger partial charge on any atom is 0.123 e. The number of hydrogen-bond donors (Lipinski definition) is 1. The second-order valence-electron chi connectivity index (χ2n) is 5.04. The van der Waals surface area contributed by atoms with Gasteiger partial charge in [-0.15, -0.1) is 0 Å². The molecule has 1 nitrogen and oxygen atoms in total. The van der Waals surface area contributed by atoms with E-state index in [-0.39, 0.29) is 5.82 Å². The van der Waals surface area contributed by atoms with Gasteiger partial charge in [0.1, 0.15) is 5.82 Å². The fraction of sp³-hybridized carbons (Fsp3) is 0.333. The van der Waals surface area contributed by atoms with E-state index in [1.54, 1.807) is 0 Å². The summed E-state index contributed by atoms with van der Waals surface area (Å²) in [5, 5.41) is 3.55. The standard InChI is InChI=1S/C18H22FN/c1-3-13-20-18(4-2)16-7-5-14(6-8-16)15-9-11-17(19)12-10-15/h5-12,18,20H,3-4,13H2,1-2H3. The van der Waals surface area contributed by atoms with Crippen molar-refractivity contribution >= 4 is 0 Å². The van der Waals surface area contributed by atoms with Gasteiger partial charge in [0, 0.05) is 6.04 Å². The molecule has 0 spiro atoms. The van der Waals surface area contributed by atoms with Crippen molar-refractivity contribution in [2.45, 2.75) is 32.7 Å². The molecule has 106 valence electrons. The van der Waals surface area contributed by atoms with Crippen LogP contribution >= 0.6 is 0 Å². The van der Waals surface area contributed by atoms with E-state index in [4.69, 9.17) is 0 Å². The number of halogens is 1. The molecular formula is C18H22FN. The summed E-state index contributed by atoms with van der Waals surface area (Å²) in [6.07, 6.45) is 2.22. The third-order valence-corrected chi connectivity index (χ3v) is 3.54. The summed E-state index contributed by atoms with van der Waals surface area (Å²) < 4.78 is 12.9. The summed E-state index contributed by atoms with van der Waals surface area (Å²) in [5.41, 5.74) is 3.48. The summed E-state index contributed by atoms with van der Waals surface area (Å²) in [6, 6.07) is 15.6. The van der Waals surface area contributed by atoms with Gasteiger partial charge in [-0.05, 0) is 48.2 Å². The molecule has 0 aliphatic heterocycles. The van der Waals surface area contributed by atoms with Crippen LogP contribution in [0.25, 0.3) is 11.1 Å². The lowest BCUT2D eigenvalue weighted by Gasteiger charge is -2.17. The van der Waals surface area contributed by atoms with Crippen LogP contribution in [-0.2, 0) is 0 Å². The quantitative estimate of drug-likeness (QED) is 0.784. The van der Waals surface area contributed by atoms with Gasteiger partial charge in [0.15, 0.2) is 0 Å². The van der Waals surface area contributed by atoms with Crippen LogP contribution in [0.2, 0.25) is 0 Å². The highest BCUT2D eigenvalue weighted by molar-refractivity contribution is 5.63. The van der Waals surface area contributed by atoms with Gasteiger partial charge >= 0.3 is 0 Å². The minimum absolute atomic E-state index is 0.194. The molecule has 0 saturated heterocycles. The predicted octanol–water partition coefficient (Wildman–Crippen LogP) is 4.94. The smallest absolute Gasteiger partial charge is 0.123 e. The molecule has 1 N–H and O–H groups in total. The van der Waals surface area contributed by atoms with E-state index in [0.29, 0.717) is 6.04 Å². The molecule has 0 radical (unpaired) electrons. The molecule has 2 aromatic carbocycles. The van der Waals surface area contributed by atoms with Crippen LogP contribution in [0.4, 0.5) is 4.39 Å². The molecule has 2 rings (SSSR count). The molecule has 2 aromatic rings. The van der Waals surface area contributed by atoms with E-state index >= 15 is 0 Å². The van der Waals surface area contributed by atoms with Crippen molar-refractivity contribution in [2.24, 2.45) is 0 Å². The maximum atomic E-state index is 12.9. The van der Waals surface area contributed by atoms with E-state index in [0.717, 1.165) is 30.5 Å². The van der Waals surface area contributed by atoms with Crippen LogP contribution in [-0.4, -0.2) is 6.54 Å². The van der Waals surface area contributed by atoms with Gasteiger partial charge in [-0.1, -0.05) is 50.2 Å². The predicted molar refractivity (Wildman–Crippen MR) is 83.2 cm³/mol. The fourth-order valence-electron chi connectivity index (χ4n) is 2.37. The first-order valence-electron chi connectivity index (χ1n) is 7.34.